The van der Waals surface area contributed by atoms with Gasteiger partial charge in [0.25, 0.3) is 0 Å². The first kappa shape index (κ1) is 12.2. The van der Waals surface area contributed by atoms with E-state index in [1.54, 1.807) is 13.0 Å². The number of halogens is 1. The Balaban J connectivity index is 3.20. The predicted molar refractivity (Wildman–Crippen MR) is 69.0 cm³/mol. The van der Waals surface area contributed by atoms with Crippen molar-refractivity contribution in [2.24, 2.45) is 0 Å². The summed E-state index contributed by atoms with van der Waals surface area (Å²) in [6.07, 6.45) is 2.08. The fourth-order valence-corrected chi connectivity index (χ4v) is 1.99. The minimum absolute atomic E-state index is 0.433. The van der Waals surface area contributed by atoms with Crippen molar-refractivity contribution < 1.29 is 9.90 Å². The number of carboxylic acids is 1. The highest BCUT2D eigenvalue weighted by Crippen LogP contribution is 2.29. The molecule has 0 aliphatic rings. The molecule has 0 aliphatic heterocycles. The number of allylic oxidation sites excluding steroid dienone is 1. The SMILES string of the molecule is C=CCC(C)(C(=O)O)c1cccc(I)c1. The van der Waals surface area contributed by atoms with Crippen molar-refractivity contribution in [3.8, 4) is 0 Å². The molecule has 1 N–H and O–H groups in total. The largest absolute Gasteiger partial charge is 0.481 e. The molecule has 3 heteroatoms. The summed E-state index contributed by atoms with van der Waals surface area (Å²) in [6.45, 7) is 5.34. The summed E-state index contributed by atoms with van der Waals surface area (Å²) in [6, 6.07) is 7.57. The summed E-state index contributed by atoms with van der Waals surface area (Å²) >= 11 is 2.18. The Morgan fingerprint density at radius 1 is 1.67 bits per heavy atom. The second kappa shape index (κ2) is 4.79. The van der Waals surface area contributed by atoms with Crippen LogP contribution in [0.15, 0.2) is 36.9 Å². The Labute approximate surface area is 103 Å². The summed E-state index contributed by atoms with van der Waals surface area (Å²) in [4.78, 5) is 11.3. The topological polar surface area (TPSA) is 37.3 Å². The summed E-state index contributed by atoms with van der Waals surface area (Å²) < 4.78 is 1.04. The van der Waals surface area contributed by atoms with E-state index in [1.165, 1.54) is 0 Å². The van der Waals surface area contributed by atoms with Crippen LogP contribution in [0.5, 0.6) is 0 Å². The maximum Gasteiger partial charge on any atom is 0.314 e. The molecule has 0 radical (unpaired) electrons. The molecule has 0 aromatic heterocycles. The van der Waals surface area contributed by atoms with Gasteiger partial charge in [0.15, 0.2) is 0 Å². The van der Waals surface area contributed by atoms with Crippen molar-refractivity contribution >= 4 is 28.6 Å². The van der Waals surface area contributed by atoms with Gasteiger partial charge in [0.1, 0.15) is 0 Å². The van der Waals surface area contributed by atoms with Gasteiger partial charge in [0, 0.05) is 3.57 Å². The van der Waals surface area contributed by atoms with Crippen molar-refractivity contribution in [2.45, 2.75) is 18.8 Å². The zero-order chi connectivity index (χ0) is 11.5. The zero-order valence-electron chi connectivity index (χ0n) is 8.53. The minimum atomic E-state index is -0.872. The lowest BCUT2D eigenvalue weighted by molar-refractivity contribution is -0.143. The summed E-state index contributed by atoms with van der Waals surface area (Å²) in [7, 11) is 0. The molecule has 2 nitrogen and oxygen atoms in total. The van der Waals surface area contributed by atoms with E-state index in [0.29, 0.717) is 6.42 Å². The molecule has 15 heavy (non-hydrogen) atoms. The quantitative estimate of drug-likeness (QED) is 0.684. The lowest BCUT2D eigenvalue weighted by atomic mass is 9.80. The Morgan fingerprint density at radius 3 is 2.80 bits per heavy atom. The number of hydrogen-bond acceptors (Lipinski definition) is 1. The van der Waals surface area contributed by atoms with Crippen LogP contribution < -0.4 is 0 Å². The second-order valence-electron chi connectivity index (χ2n) is 3.64. The molecule has 80 valence electrons. The fraction of sp³-hybridized carbons (Fsp3) is 0.250. The number of rotatable bonds is 4. The average molecular weight is 316 g/mol. The van der Waals surface area contributed by atoms with Crippen LogP contribution in [0.4, 0.5) is 0 Å². The van der Waals surface area contributed by atoms with Gasteiger partial charge in [-0.05, 0) is 53.6 Å². The highest BCUT2D eigenvalue weighted by molar-refractivity contribution is 14.1. The van der Waals surface area contributed by atoms with Crippen LogP contribution in [0.1, 0.15) is 18.9 Å². The lowest BCUT2D eigenvalue weighted by Crippen LogP contribution is -2.31. The molecule has 0 spiro atoms. The molecular weight excluding hydrogens is 303 g/mol. The molecule has 0 amide bonds. The maximum atomic E-state index is 11.3. The van der Waals surface area contributed by atoms with Crippen molar-refractivity contribution in [3.63, 3.8) is 0 Å². The molecule has 0 saturated heterocycles. The third kappa shape index (κ3) is 2.59. The van der Waals surface area contributed by atoms with E-state index in [4.69, 9.17) is 0 Å². The molecule has 1 rings (SSSR count). The summed E-state index contributed by atoms with van der Waals surface area (Å²) in [5.41, 5.74) is -0.0510. The van der Waals surface area contributed by atoms with E-state index in [-0.39, 0.29) is 0 Å². The number of hydrogen-bond donors (Lipinski definition) is 1. The first-order valence-electron chi connectivity index (χ1n) is 4.61. The standard InChI is InChI=1S/C12H13IO2/c1-3-7-12(2,11(14)15)9-5-4-6-10(13)8-9/h3-6,8H,1,7H2,2H3,(H,14,15). The molecule has 0 fully saturated rings. The van der Waals surface area contributed by atoms with Gasteiger partial charge in [-0.3, -0.25) is 4.79 Å². The van der Waals surface area contributed by atoms with Crippen molar-refractivity contribution in [3.05, 3.63) is 46.1 Å². The van der Waals surface area contributed by atoms with Crippen LogP contribution in [0.25, 0.3) is 0 Å². The van der Waals surface area contributed by atoms with Crippen molar-refractivity contribution in [2.75, 3.05) is 0 Å². The van der Waals surface area contributed by atoms with Crippen LogP contribution in [0.2, 0.25) is 0 Å². The van der Waals surface area contributed by atoms with Crippen molar-refractivity contribution in [1.82, 2.24) is 0 Å². The first-order valence-corrected chi connectivity index (χ1v) is 5.69. The van der Waals surface area contributed by atoms with Gasteiger partial charge < -0.3 is 5.11 Å². The maximum absolute atomic E-state index is 11.3. The Bertz CT molecular complexity index is 387. The molecule has 0 aliphatic carbocycles. The molecule has 1 atom stereocenters. The molecular formula is C12H13IO2. The highest BCUT2D eigenvalue weighted by Gasteiger charge is 2.33. The van der Waals surface area contributed by atoms with Crippen LogP contribution >= 0.6 is 22.6 Å². The van der Waals surface area contributed by atoms with Crippen LogP contribution in [-0.4, -0.2) is 11.1 Å². The summed E-state index contributed by atoms with van der Waals surface area (Å²) in [5, 5.41) is 9.26. The number of benzene rings is 1. The van der Waals surface area contributed by atoms with E-state index in [1.807, 2.05) is 24.3 Å². The number of aliphatic carboxylic acids is 1. The van der Waals surface area contributed by atoms with Crippen LogP contribution in [-0.2, 0) is 10.2 Å². The Kier molecular flexibility index (Phi) is 3.90. The molecule has 0 bridgehead atoms. The van der Waals surface area contributed by atoms with E-state index in [2.05, 4.69) is 29.2 Å². The van der Waals surface area contributed by atoms with Crippen molar-refractivity contribution in [1.29, 1.82) is 0 Å². The van der Waals surface area contributed by atoms with Crippen LogP contribution in [0.3, 0.4) is 0 Å². The lowest BCUT2D eigenvalue weighted by Gasteiger charge is -2.23. The van der Waals surface area contributed by atoms with Crippen LogP contribution in [0, 0.1) is 3.57 Å². The van der Waals surface area contributed by atoms with Gasteiger partial charge >= 0.3 is 5.97 Å². The van der Waals surface area contributed by atoms with E-state index < -0.39 is 11.4 Å². The smallest absolute Gasteiger partial charge is 0.314 e. The monoisotopic (exact) mass is 316 g/mol. The minimum Gasteiger partial charge on any atom is -0.481 e. The fourth-order valence-electron chi connectivity index (χ4n) is 1.45. The molecule has 1 aromatic rings. The zero-order valence-corrected chi connectivity index (χ0v) is 10.7. The van der Waals surface area contributed by atoms with E-state index in [0.717, 1.165) is 9.13 Å². The first-order chi connectivity index (χ1) is 7.00. The molecule has 0 heterocycles. The molecule has 0 saturated carbocycles. The van der Waals surface area contributed by atoms with Gasteiger partial charge in [-0.25, -0.2) is 0 Å². The van der Waals surface area contributed by atoms with E-state index in [9.17, 15) is 9.90 Å². The highest BCUT2D eigenvalue weighted by atomic mass is 127. The summed E-state index contributed by atoms with van der Waals surface area (Å²) in [5.74, 6) is -0.815. The number of carbonyl (C=O) groups is 1. The average Bonchev–Trinajstić information content (AvgIpc) is 2.17. The third-order valence-corrected chi connectivity index (χ3v) is 3.16. The van der Waals surface area contributed by atoms with Gasteiger partial charge in [-0.2, -0.15) is 0 Å². The van der Waals surface area contributed by atoms with Gasteiger partial charge in [-0.15, -0.1) is 6.58 Å². The van der Waals surface area contributed by atoms with Gasteiger partial charge in [-0.1, -0.05) is 18.2 Å². The van der Waals surface area contributed by atoms with Gasteiger partial charge in [0.05, 0.1) is 5.41 Å². The third-order valence-electron chi connectivity index (χ3n) is 2.49. The number of carboxylic acid groups (broad SMARTS) is 1. The Morgan fingerprint density at radius 2 is 2.33 bits per heavy atom. The Hall–Kier alpha value is -0.840. The normalized spacial score (nSPS) is 14.3. The molecule has 1 unspecified atom stereocenters. The van der Waals surface area contributed by atoms with E-state index >= 15 is 0 Å². The molecule has 1 aromatic carbocycles. The second-order valence-corrected chi connectivity index (χ2v) is 4.89. The van der Waals surface area contributed by atoms with Gasteiger partial charge in [0.2, 0.25) is 0 Å². The predicted octanol–water partition coefficient (Wildman–Crippen LogP) is 3.21.